The zero-order valence-electron chi connectivity index (χ0n) is 15.5. The van der Waals surface area contributed by atoms with Gasteiger partial charge in [0.25, 0.3) is 0 Å². The minimum Gasteiger partial charge on any atom is -0.388 e. The van der Waals surface area contributed by atoms with E-state index >= 15 is 0 Å². The van der Waals surface area contributed by atoms with Gasteiger partial charge >= 0.3 is 0 Å². The summed E-state index contributed by atoms with van der Waals surface area (Å²) in [4.78, 5) is 0. The third kappa shape index (κ3) is 3.75. The van der Waals surface area contributed by atoms with Crippen molar-refractivity contribution in [1.82, 2.24) is 0 Å². The number of benzene rings is 3. The molecule has 4 rings (SSSR count). The van der Waals surface area contributed by atoms with Gasteiger partial charge in [0.15, 0.2) is 0 Å². The van der Waals surface area contributed by atoms with Gasteiger partial charge in [-0.05, 0) is 36.6 Å². The summed E-state index contributed by atoms with van der Waals surface area (Å²) in [5, 5.41) is 6.25. The predicted octanol–water partition coefficient (Wildman–Crippen LogP) is 5.57. The Morgan fingerprint density at radius 3 is 2.00 bits per heavy atom. The lowest BCUT2D eigenvalue weighted by molar-refractivity contribution is 1.06. The highest BCUT2D eigenvalue weighted by molar-refractivity contribution is 7.74. The molecule has 0 aromatic heterocycles. The zero-order chi connectivity index (χ0) is 18.5. The van der Waals surface area contributed by atoms with Gasteiger partial charge in [-0.15, -0.1) is 0 Å². The average molecular weight is 369 g/mol. The first-order valence-corrected chi connectivity index (χ1v) is 10.8. The van der Waals surface area contributed by atoms with Gasteiger partial charge in [0.2, 0.25) is 0 Å². The summed E-state index contributed by atoms with van der Waals surface area (Å²) in [6.45, 7) is 0. The molecule has 134 valence electrons. The van der Waals surface area contributed by atoms with Crippen molar-refractivity contribution in [2.75, 3.05) is 12.4 Å². The summed E-state index contributed by atoms with van der Waals surface area (Å²) in [5.41, 5.74) is 4.40. The number of rotatable bonds is 5. The molecule has 3 aromatic rings. The van der Waals surface area contributed by atoms with Crippen LogP contribution in [0.5, 0.6) is 0 Å². The first kappa shape index (κ1) is 17.8. The van der Waals surface area contributed by atoms with Crippen molar-refractivity contribution in [1.29, 1.82) is 0 Å². The largest absolute Gasteiger partial charge is 0.388 e. The van der Waals surface area contributed by atoms with Gasteiger partial charge in [0.05, 0.1) is 0 Å². The maximum Gasteiger partial charge on any atom is 0.0414 e. The summed E-state index contributed by atoms with van der Waals surface area (Å²) >= 11 is 0. The van der Waals surface area contributed by atoms with Crippen molar-refractivity contribution in [3.63, 3.8) is 0 Å². The van der Waals surface area contributed by atoms with Gasteiger partial charge in [0, 0.05) is 24.0 Å². The Labute approximate surface area is 163 Å². The molecule has 2 heteroatoms. The standard InChI is InChI=1S/C25H24NP/c1-26-24-18-10-8-16-22(24)23-17-9-11-19-25(23)27(20-12-4-2-5-13-20)21-14-6-3-7-15-21/h2-18,25-26H,19H2,1H3. The first-order valence-electron chi connectivity index (χ1n) is 9.41. The van der Waals surface area contributed by atoms with E-state index in [4.69, 9.17) is 0 Å². The van der Waals surface area contributed by atoms with Gasteiger partial charge in [-0.2, -0.15) is 0 Å². The lowest BCUT2D eigenvalue weighted by atomic mass is 9.95. The molecule has 1 aliphatic carbocycles. The minimum absolute atomic E-state index is 0.462. The molecule has 0 saturated heterocycles. The summed E-state index contributed by atoms with van der Waals surface area (Å²) in [6.07, 6.45) is 7.91. The average Bonchev–Trinajstić information content (AvgIpc) is 2.76. The molecule has 3 aromatic carbocycles. The summed E-state index contributed by atoms with van der Waals surface area (Å²) in [5.74, 6) is 0. The van der Waals surface area contributed by atoms with E-state index in [1.54, 1.807) is 0 Å². The molecule has 1 nitrogen and oxygen atoms in total. The number of hydrogen-bond acceptors (Lipinski definition) is 1. The van der Waals surface area contributed by atoms with Crippen molar-refractivity contribution >= 4 is 29.8 Å². The zero-order valence-corrected chi connectivity index (χ0v) is 16.4. The third-order valence-electron chi connectivity index (χ3n) is 5.02. The van der Waals surface area contributed by atoms with Crippen LogP contribution in [0.2, 0.25) is 0 Å². The minimum atomic E-state index is -0.497. The van der Waals surface area contributed by atoms with E-state index in [0.717, 1.165) is 6.42 Å². The second kappa shape index (κ2) is 8.37. The molecule has 0 heterocycles. The van der Waals surface area contributed by atoms with E-state index in [9.17, 15) is 0 Å². The van der Waals surface area contributed by atoms with E-state index in [1.165, 1.54) is 27.4 Å². The summed E-state index contributed by atoms with van der Waals surface area (Å²) in [6, 6.07) is 30.7. The monoisotopic (exact) mass is 369 g/mol. The highest BCUT2D eigenvalue weighted by Gasteiger charge is 2.29. The van der Waals surface area contributed by atoms with Crippen LogP contribution < -0.4 is 15.9 Å². The third-order valence-corrected chi connectivity index (χ3v) is 7.84. The normalized spacial score (nSPS) is 16.2. The fourth-order valence-corrected chi connectivity index (χ4v) is 6.61. The lowest BCUT2D eigenvalue weighted by Gasteiger charge is -2.32. The van der Waals surface area contributed by atoms with E-state index in [0.29, 0.717) is 5.66 Å². The number of anilines is 1. The van der Waals surface area contributed by atoms with Crippen molar-refractivity contribution < 1.29 is 0 Å². The van der Waals surface area contributed by atoms with E-state index in [-0.39, 0.29) is 0 Å². The van der Waals surface area contributed by atoms with Crippen LogP contribution in [0.4, 0.5) is 5.69 Å². The van der Waals surface area contributed by atoms with Crippen LogP contribution in [0.3, 0.4) is 0 Å². The Hall–Kier alpha value is -2.63. The maximum absolute atomic E-state index is 3.37. The molecule has 0 bridgehead atoms. The molecule has 0 saturated carbocycles. The molecule has 1 atom stereocenters. The SMILES string of the molecule is CNc1ccccc1C1=CC=CCC1P(c1ccccc1)c1ccccc1. The highest BCUT2D eigenvalue weighted by Crippen LogP contribution is 2.49. The highest BCUT2D eigenvalue weighted by atomic mass is 31.1. The van der Waals surface area contributed by atoms with Gasteiger partial charge in [-0.25, -0.2) is 0 Å². The fraction of sp³-hybridized carbons (Fsp3) is 0.120. The molecule has 27 heavy (non-hydrogen) atoms. The van der Waals surface area contributed by atoms with Crippen LogP contribution in [0, 0.1) is 0 Å². The smallest absolute Gasteiger partial charge is 0.0414 e. The van der Waals surface area contributed by atoms with Crippen molar-refractivity contribution in [3.8, 4) is 0 Å². The topological polar surface area (TPSA) is 12.0 Å². The van der Waals surface area contributed by atoms with Gasteiger partial charge < -0.3 is 5.32 Å². The molecule has 1 unspecified atom stereocenters. The van der Waals surface area contributed by atoms with E-state index in [2.05, 4.69) is 108 Å². The summed E-state index contributed by atoms with van der Waals surface area (Å²) < 4.78 is 0. The molecule has 0 fully saturated rings. The van der Waals surface area contributed by atoms with Crippen LogP contribution >= 0.6 is 7.92 Å². The molecule has 1 N–H and O–H groups in total. The van der Waals surface area contributed by atoms with Gasteiger partial charge in [-0.1, -0.05) is 97.1 Å². The Bertz CT molecular complexity index is 905. The Morgan fingerprint density at radius 1 is 0.778 bits per heavy atom. The van der Waals surface area contributed by atoms with Crippen LogP contribution in [0.1, 0.15) is 12.0 Å². The van der Waals surface area contributed by atoms with Crippen molar-refractivity contribution in [2.24, 2.45) is 0 Å². The molecule has 1 aliphatic rings. The summed E-state index contributed by atoms with van der Waals surface area (Å²) in [7, 11) is 1.51. The predicted molar refractivity (Wildman–Crippen MR) is 121 cm³/mol. The molecule has 0 amide bonds. The van der Waals surface area contributed by atoms with Crippen molar-refractivity contribution in [2.45, 2.75) is 12.1 Å². The first-order chi connectivity index (χ1) is 13.4. The second-order valence-corrected chi connectivity index (χ2v) is 9.03. The number of hydrogen-bond donors (Lipinski definition) is 1. The van der Waals surface area contributed by atoms with Crippen LogP contribution in [0.25, 0.3) is 5.57 Å². The van der Waals surface area contributed by atoms with E-state index in [1.807, 2.05) is 7.05 Å². The van der Waals surface area contributed by atoms with Crippen molar-refractivity contribution in [3.05, 3.63) is 109 Å². The van der Waals surface area contributed by atoms with Gasteiger partial charge in [0.1, 0.15) is 0 Å². The van der Waals surface area contributed by atoms with Crippen LogP contribution in [-0.2, 0) is 0 Å². The molecule has 0 radical (unpaired) electrons. The number of allylic oxidation sites excluding steroid dienone is 4. The molecule has 0 spiro atoms. The number of nitrogens with one attached hydrogen (secondary N) is 1. The quantitative estimate of drug-likeness (QED) is 0.580. The van der Waals surface area contributed by atoms with Crippen LogP contribution in [0.15, 0.2) is 103 Å². The number of para-hydroxylation sites is 1. The molecular formula is C25H24NP. The molecular weight excluding hydrogens is 345 g/mol. The Morgan fingerprint density at radius 2 is 1.37 bits per heavy atom. The van der Waals surface area contributed by atoms with E-state index < -0.39 is 7.92 Å². The maximum atomic E-state index is 3.37. The van der Waals surface area contributed by atoms with Crippen LogP contribution in [-0.4, -0.2) is 12.7 Å². The lowest BCUT2D eigenvalue weighted by Crippen LogP contribution is -2.23. The Kier molecular flexibility index (Phi) is 5.51. The molecule has 0 aliphatic heterocycles. The fourth-order valence-electron chi connectivity index (χ4n) is 3.77. The Balaban J connectivity index is 1.84. The van der Waals surface area contributed by atoms with Gasteiger partial charge in [-0.3, -0.25) is 0 Å². The second-order valence-electron chi connectivity index (χ2n) is 6.64.